The van der Waals surface area contributed by atoms with Crippen LogP contribution < -0.4 is 5.32 Å². The van der Waals surface area contributed by atoms with E-state index in [-0.39, 0.29) is 5.54 Å². The molecule has 1 N–H and O–H groups in total. The number of unbranched alkanes of at least 4 members (excludes halogenated alkanes) is 1. The summed E-state index contributed by atoms with van der Waals surface area (Å²) in [5.41, 5.74) is 1.37. The summed E-state index contributed by atoms with van der Waals surface area (Å²) in [6.07, 6.45) is 4.35. The first-order chi connectivity index (χ1) is 8.40. The van der Waals surface area contributed by atoms with Crippen molar-refractivity contribution < 1.29 is 4.42 Å². The van der Waals surface area contributed by atoms with Crippen LogP contribution in [0.1, 0.15) is 51.9 Å². The topological polar surface area (TPSA) is 28.4 Å². The van der Waals surface area contributed by atoms with Crippen LogP contribution in [0.5, 0.6) is 0 Å². The van der Waals surface area contributed by atoms with Gasteiger partial charge >= 0.3 is 0 Å². The van der Waals surface area contributed by atoms with Crippen molar-refractivity contribution >= 4 is 0 Å². The van der Waals surface area contributed by atoms with E-state index in [2.05, 4.69) is 51.0 Å². The van der Waals surface area contributed by atoms with E-state index in [0.717, 1.165) is 25.4 Å². The van der Waals surface area contributed by atoms with E-state index < -0.39 is 0 Å². The lowest BCUT2D eigenvalue weighted by molar-refractivity contribution is 0.290. The molecule has 0 aromatic carbocycles. The van der Waals surface area contributed by atoms with E-state index in [1.54, 1.807) is 0 Å². The van der Waals surface area contributed by atoms with E-state index in [1.165, 1.54) is 18.4 Å². The molecule has 3 heteroatoms. The molecule has 0 spiro atoms. The normalized spacial score (nSPS) is 12.3. The molecule has 1 heterocycles. The van der Waals surface area contributed by atoms with Crippen molar-refractivity contribution in [2.45, 2.75) is 59.2 Å². The maximum Gasteiger partial charge on any atom is 0.118 e. The Bertz CT molecular complexity index is 339. The summed E-state index contributed by atoms with van der Waals surface area (Å²) >= 11 is 0. The molecular weight excluding hydrogens is 224 g/mol. The zero-order valence-corrected chi connectivity index (χ0v) is 12.5. The molecule has 0 saturated heterocycles. The quantitative estimate of drug-likeness (QED) is 0.806. The highest BCUT2D eigenvalue weighted by Gasteiger charge is 2.10. The molecule has 0 aliphatic carbocycles. The Morgan fingerprint density at radius 3 is 2.67 bits per heavy atom. The lowest BCUT2D eigenvalue weighted by atomic mass is 10.1. The summed E-state index contributed by atoms with van der Waals surface area (Å²) in [6, 6.07) is 2.15. The van der Waals surface area contributed by atoms with Gasteiger partial charge in [0.15, 0.2) is 0 Å². The van der Waals surface area contributed by atoms with Crippen molar-refractivity contribution in [3.8, 4) is 0 Å². The summed E-state index contributed by atoms with van der Waals surface area (Å²) < 4.78 is 5.60. The highest BCUT2D eigenvalue weighted by molar-refractivity contribution is 5.12. The zero-order chi connectivity index (χ0) is 13.6. The lowest BCUT2D eigenvalue weighted by Crippen LogP contribution is -2.34. The second-order valence-corrected chi connectivity index (χ2v) is 6.12. The van der Waals surface area contributed by atoms with E-state index in [1.807, 2.05) is 6.26 Å². The fraction of sp³-hybridized carbons (Fsp3) is 0.733. The first kappa shape index (κ1) is 15.3. The number of furan rings is 1. The van der Waals surface area contributed by atoms with Gasteiger partial charge in [0.05, 0.1) is 12.8 Å². The summed E-state index contributed by atoms with van der Waals surface area (Å²) in [7, 11) is 2.14. The van der Waals surface area contributed by atoms with E-state index in [0.29, 0.717) is 0 Å². The molecule has 0 aliphatic rings. The van der Waals surface area contributed by atoms with E-state index in [4.69, 9.17) is 4.42 Å². The Labute approximate surface area is 112 Å². The fourth-order valence-corrected chi connectivity index (χ4v) is 1.74. The van der Waals surface area contributed by atoms with Crippen LogP contribution in [0, 0.1) is 0 Å². The van der Waals surface area contributed by atoms with E-state index in [9.17, 15) is 0 Å². The average molecular weight is 252 g/mol. The standard InChI is InChI=1S/C15H28N2O/c1-6-7-8-17(5)11-14-9-13(12-18-14)10-16-15(2,3)4/h9,12,16H,6-8,10-11H2,1-5H3. The minimum absolute atomic E-state index is 0.148. The van der Waals surface area contributed by atoms with Crippen LogP contribution in [-0.4, -0.2) is 24.0 Å². The maximum absolute atomic E-state index is 5.60. The minimum Gasteiger partial charge on any atom is -0.468 e. The number of hydrogen-bond acceptors (Lipinski definition) is 3. The smallest absolute Gasteiger partial charge is 0.118 e. The minimum atomic E-state index is 0.148. The second-order valence-electron chi connectivity index (χ2n) is 6.12. The van der Waals surface area contributed by atoms with Crippen LogP contribution in [0.25, 0.3) is 0 Å². The fourth-order valence-electron chi connectivity index (χ4n) is 1.74. The Hall–Kier alpha value is -0.800. The van der Waals surface area contributed by atoms with Crippen LogP contribution in [0.15, 0.2) is 16.7 Å². The van der Waals surface area contributed by atoms with Gasteiger partial charge in [-0.2, -0.15) is 0 Å². The third-order valence-corrected chi connectivity index (χ3v) is 2.85. The molecule has 0 fully saturated rings. The Kier molecular flexibility index (Phi) is 5.89. The van der Waals surface area contributed by atoms with Crippen molar-refractivity contribution in [1.82, 2.24) is 10.2 Å². The first-order valence-electron chi connectivity index (χ1n) is 6.90. The molecule has 104 valence electrons. The van der Waals surface area contributed by atoms with Gasteiger partial charge in [-0.3, -0.25) is 4.90 Å². The van der Waals surface area contributed by atoms with Crippen molar-refractivity contribution in [2.75, 3.05) is 13.6 Å². The van der Waals surface area contributed by atoms with Crippen molar-refractivity contribution in [3.63, 3.8) is 0 Å². The molecule has 0 saturated carbocycles. The molecule has 0 atom stereocenters. The van der Waals surface area contributed by atoms with Gasteiger partial charge in [-0.1, -0.05) is 13.3 Å². The molecule has 3 nitrogen and oxygen atoms in total. The van der Waals surface area contributed by atoms with Gasteiger partial charge in [0, 0.05) is 17.6 Å². The van der Waals surface area contributed by atoms with Gasteiger partial charge in [0.2, 0.25) is 0 Å². The van der Waals surface area contributed by atoms with Crippen LogP contribution in [0.4, 0.5) is 0 Å². The van der Waals surface area contributed by atoms with Gasteiger partial charge in [0.25, 0.3) is 0 Å². The SMILES string of the molecule is CCCCN(C)Cc1cc(CNC(C)(C)C)co1. The molecule has 1 aromatic rings. The van der Waals surface area contributed by atoms with Gasteiger partial charge in [-0.05, 0) is 46.9 Å². The molecule has 0 radical (unpaired) electrons. The van der Waals surface area contributed by atoms with Gasteiger partial charge < -0.3 is 9.73 Å². The van der Waals surface area contributed by atoms with Crippen LogP contribution in [0.3, 0.4) is 0 Å². The van der Waals surface area contributed by atoms with Crippen LogP contribution >= 0.6 is 0 Å². The highest BCUT2D eigenvalue weighted by atomic mass is 16.3. The summed E-state index contributed by atoms with van der Waals surface area (Å²) in [6.45, 7) is 11.6. The lowest BCUT2D eigenvalue weighted by Gasteiger charge is -2.19. The highest BCUT2D eigenvalue weighted by Crippen LogP contribution is 2.11. The predicted octanol–water partition coefficient (Wildman–Crippen LogP) is 3.40. The molecule has 0 bridgehead atoms. The van der Waals surface area contributed by atoms with Crippen LogP contribution in [-0.2, 0) is 13.1 Å². The van der Waals surface area contributed by atoms with Gasteiger partial charge in [-0.25, -0.2) is 0 Å². The van der Waals surface area contributed by atoms with E-state index >= 15 is 0 Å². The summed E-state index contributed by atoms with van der Waals surface area (Å²) in [5.74, 6) is 1.05. The second kappa shape index (κ2) is 6.95. The number of hydrogen-bond donors (Lipinski definition) is 1. The third kappa shape index (κ3) is 6.22. The molecule has 1 aromatic heterocycles. The molecular formula is C15H28N2O. The van der Waals surface area contributed by atoms with Crippen molar-refractivity contribution in [2.24, 2.45) is 0 Å². The van der Waals surface area contributed by atoms with Gasteiger partial charge in [-0.15, -0.1) is 0 Å². The maximum atomic E-state index is 5.60. The van der Waals surface area contributed by atoms with Crippen LogP contribution in [0.2, 0.25) is 0 Å². The molecule has 0 amide bonds. The number of rotatable bonds is 7. The van der Waals surface area contributed by atoms with Crippen molar-refractivity contribution in [3.05, 3.63) is 23.7 Å². The number of nitrogens with zero attached hydrogens (tertiary/aromatic N) is 1. The zero-order valence-electron chi connectivity index (χ0n) is 12.5. The molecule has 0 aliphatic heterocycles. The Morgan fingerprint density at radius 2 is 2.06 bits per heavy atom. The molecule has 18 heavy (non-hydrogen) atoms. The Morgan fingerprint density at radius 1 is 1.33 bits per heavy atom. The van der Waals surface area contributed by atoms with Gasteiger partial charge in [0.1, 0.15) is 5.76 Å². The average Bonchev–Trinajstić information content (AvgIpc) is 2.70. The third-order valence-electron chi connectivity index (χ3n) is 2.85. The monoisotopic (exact) mass is 252 g/mol. The first-order valence-corrected chi connectivity index (χ1v) is 6.90. The summed E-state index contributed by atoms with van der Waals surface area (Å²) in [5, 5.41) is 3.47. The summed E-state index contributed by atoms with van der Waals surface area (Å²) in [4.78, 5) is 2.31. The molecule has 1 rings (SSSR count). The predicted molar refractivity (Wildman–Crippen MR) is 76.5 cm³/mol. The molecule has 0 unspecified atom stereocenters. The van der Waals surface area contributed by atoms with Crippen molar-refractivity contribution in [1.29, 1.82) is 0 Å². The Balaban J connectivity index is 2.38. The number of nitrogens with one attached hydrogen (secondary N) is 1. The largest absolute Gasteiger partial charge is 0.468 e.